The molecule has 0 saturated carbocycles. The monoisotopic (exact) mass is 380 g/mol. The quantitative estimate of drug-likeness (QED) is 0.426. The third kappa shape index (κ3) is 3.06. The van der Waals surface area contributed by atoms with Crippen LogP contribution in [0.4, 0.5) is 0 Å². The number of para-hydroxylation sites is 1. The lowest BCUT2D eigenvalue weighted by atomic mass is 9.98. The topological polar surface area (TPSA) is 54.5 Å². The van der Waals surface area contributed by atoms with Crippen LogP contribution >= 0.6 is 11.8 Å². The first-order valence-corrected chi connectivity index (χ1v) is 9.78. The number of H-pyrrole nitrogens is 1. The summed E-state index contributed by atoms with van der Waals surface area (Å²) in [6.07, 6.45) is 1.53. The highest BCUT2D eigenvalue weighted by Gasteiger charge is 2.19. The van der Waals surface area contributed by atoms with Gasteiger partial charge >= 0.3 is 0 Å². The lowest BCUT2D eigenvalue weighted by Gasteiger charge is -2.16. The second-order valence-corrected chi connectivity index (χ2v) is 7.31. The van der Waals surface area contributed by atoms with Crippen molar-refractivity contribution in [2.24, 2.45) is 0 Å². The zero-order valence-electron chi connectivity index (χ0n) is 14.9. The van der Waals surface area contributed by atoms with Gasteiger partial charge in [0.1, 0.15) is 6.33 Å². The molecule has 5 aromatic rings. The molecule has 1 N–H and O–H groups in total. The fourth-order valence-corrected chi connectivity index (χ4v) is 4.30. The summed E-state index contributed by atoms with van der Waals surface area (Å²) >= 11 is 1.56. The normalized spacial score (nSPS) is 11.0. The Bertz CT molecular complexity index is 1220. The zero-order valence-corrected chi connectivity index (χ0v) is 15.7. The number of aromatic amines is 1. The molecule has 4 nitrogen and oxygen atoms in total. The molecule has 3 aromatic carbocycles. The molecule has 0 fully saturated rings. The zero-order chi connectivity index (χ0) is 18.8. The molecule has 2 aromatic heterocycles. The third-order valence-electron chi connectivity index (χ3n) is 4.55. The van der Waals surface area contributed by atoms with Gasteiger partial charge in [0, 0.05) is 16.5 Å². The van der Waals surface area contributed by atoms with Gasteiger partial charge in [-0.05, 0) is 23.4 Å². The van der Waals surface area contributed by atoms with Crippen LogP contribution in [0.15, 0.2) is 101 Å². The van der Waals surface area contributed by atoms with Gasteiger partial charge in [-0.3, -0.25) is 5.10 Å². The SMILES string of the molecule is c1ccc(-c2nc3ccccc3c(-c3ccccc3)c2Sc2ncn[nH]2)cc1. The summed E-state index contributed by atoms with van der Waals surface area (Å²) in [6, 6.07) is 29.0. The molecule has 0 aliphatic heterocycles. The number of hydrogen-bond donors (Lipinski definition) is 1. The van der Waals surface area contributed by atoms with Crippen LogP contribution in [-0.4, -0.2) is 20.2 Å². The van der Waals surface area contributed by atoms with Gasteiger partial charge in [-0.2, -0.15) is 5.10 Å². The Hall–Kier alpha value is -3.44. The Kier molecular flexibility index (Phi) is 4.35. The van der Waals surface area contributed by atoms with Crippen molar-refractivity contribution in [3.63, 3.8) is 0 Å². The van der Waals surface area contributed by atoms with Crippen molar-refractivity contribution in [3.05, 3.63) is 91.3 Å². The van der Waals surface area contributed by atoms with Gasteiger partial charge in [0.25, 0.3) is 0 Å². The van der Waals surface area contributed by atoms with Crippen LogP contribution in [0.5, 0.6) is 0 Å². The van der Waals surface area contributed by atoms with Gasteiger partial charge < -0.3 is 0 Å². The standard InChI is InChI=1S/C23H16N4S/c1-3-9-16(10-4-1)20-18-13-7-8-14-19(18)26-21(17-11-5-2-6-12-17)22(20)28-23-24-15-25-27-23/h1-15H,(H,24,25,27). The highest BCUT2D eigenvalue weighted by Crippen LogP contribution is 2.44. The van der Waals surface area contributed by atoms with E-state index in [9.17, 15) is 0 Å². The molecule has 0 amide bonds. The van der Waals surface area contributed by atoms with Gasteiger partial charge in [-0.25, -0.2) is 9.97 Å². The minimum atomic E-state index is 0.742. The second kappa shape index (κ2) is 7.29. The van der Waals surface area contributed by atoms with Crippen molar-refractivity contribution in [3.8, 4) is 22.4 Å². The number of hydrogen-bond acceptors (Lipinski definition) is 4. The number of pyridine rings is 1. The van der Waals surface area contributed by atoms with Crippen LogP contribution in [0.3, 0.4) is 0 Å². The van der Waals surface area contributed by atoms with Crippen molar-refractivity contribution in [1.82, 2.24) is 20.2 Å². The summed E-state index contributed by atoms with van der Waals surface area (Å²) in [5, 5.41) is 8.84. The highest BCUT2D eigenvalue weighted by molar-refractivity contribution is 7.99. The lowest BCUT2D eigenvalue weighted by Crippen LogP contribution is -1.95. The van der Waals surface area contributed by atoms with Crippen LogP contribution in [-0.2, 0) is 0 Å². The van der Waals surface area contributed by atoms with E-state index in [1.54, 1.807) is 11.8 Å². The van der Waals surface area contributed by atoms with Crippen LogP contribution in [0.2, 0.25) is 0 Å². The largest absolute Gasteiger partial charge is 0.254 e. The minimum absolute atomic E-state index is 0.742. The van der Waals surface area contributed by atoms with Gasteiger partial charge in [0.15, 0.2) is 5.16 Å². The summed E-state index contributed by atoms with van der Waals surface area (Å²) in [5.41, 5.74) is 5.31. The van der Waals surface area contributed by atoms with Gasteiger partial charge in [-0.1, -0.05) is 78.9 Å². The number of aromatic nitrogens is 4. The van der Waals surface area contributed by atoms with E-state index in [0.29, 0.717) is 0 Å². The molecule has 0 aliphatic carbocycles. The Labute approximate surface area is 166 Å². The van der Waals surface area contributed by atoms with Gasteiger partial charge in [0.05, 0.1) is 16.1 Å². The predicted octanol–water partition coefficient (Wildman–Crippen LogP) is 5.84. The molecule has 0 aliphatic rings. The number of nitrogens with one attached hydrogen (secondary N) is 1. The summed E-state index contributed by atoms with van der Waals surface area (Å²) < 4.78 is 0. The minimum Gasteiger partial charge on any atom is -0.254 e. The Morgan fingerprint density at radius 2 is 1.39 bits per heavy atom. The molecule has 0 spiro atoms. The molecule has 5 heteroatoms. The number of rotatable bonds is 4. The predicted molar refractivity (Wildman–Crippen MR) is 113 cm³/mol. The maximum atomic E-state index is 5.03. The molecule has 0 atom stereocenters. The summed E-state index contributed by atoms with van der Waals surface area (Å²) in [5.74, 6) is 0. The average Bonchev–Trinajstić information content (AvgIpc) is 3.28. The number of benzene rings is 3. The molecule has 0 unspecified atom stereocenters. The average molecular weight is 380 g/mol. The van der Waals surface area contributed by atoms with Crippen molar-refractivity contribution >= 4 is 22.7 Å². The summed E-state index contributed by atoms with van der Waals surface area (Å²) in [6.45, 7) is 0. The summed E-state index contributed by atoms with van der Waals surface area (Å²) in [7, 11) is 0. The van der Waals surface area contributed by atoms with Crippen molar-refractivity contribution < 1.29 is 0 Å². The Morgan fingerprint density at radius 1 is 0.714 bits per heavy atom. The fourth-order valence-electron chi connectivity index (χ4n) is 3.32. The molecular formula is C23H16N4S. The van der Waals surface area contributed by atoms with E-state index < -0.39 is 0 Å². The van der Waals surface area contributed by atoms with Gasteiger partial charge in [-0.15, -0.1) is 0 Å². The van der Waals surface area contributed by atoms with E-state index in [1.807, 2.05) is 30.3 Å². The van der Waals surface area contributed by atoms with Gasteiger partial charge in [0.2, 0.25) is 0 Å². The van der Waals surface area contributed by atoms with Crippen LogP contribution in [0.1, 0.15) is 0 Å². The molecule has 2 heterocycles. The molecule has 0 radical (unpaired) electrons. The van der Waals surface area contributed by atoms with Crippen molar-refractivity contribution in [2.75, 3.05) is 0 Å². The highest BCUT2D eigenvalue weighted by atomic mass is 32.2. The second-order valence-electron chi connectivity index (χ2n) is 6.31. The molecule has 0 bridgehead atoms. The van der Waals surface area contributed by atoms with E-state index in [1.165, 1.54) is 6.33 Å². The van der Waals surface area contributed by atoms with E-state index in [-0.39, 0.29) is 0 Å². The first-order valence-electron chi connectivity index (χ1n) is 8.97. The third-order valence-corrected chi connectivity index (χ3v) is 5.54. The maximum absolute atomic E-state index is 5.03. The Morgan fingerprint density at radius 3 is 2.11 bits per heavy atom. The van der Waals surface area contributed by atoms with E-state index in [0.717, 1.165) is 43.3 Å². The van der Waals surface area contributed by atoms with Crippen LogP contribution in [0.25, 0.3) is 33.3 Å². The van der Waals surface area contributed by atoms with Crippen molar-refractivity contribution in [1.29, 1.82) is 0 Å². The van der Waals surface area contributed by atoms with E-state index in [2.05, 4.69) is 69.8 Å². The first kappa shape index (κ1) is 16.7. The maximum Gasteiger partial charge on any atom is 0.188 e. The molecule has 134 valence electrons. The number of fused-ring (bicyclic) bond motifs is 1. The smallest absolute Gasteiger partial charge is 0.188 e. The summed E-state index contributed by atoms with van der Waals surface area (Å²) in [4.78, 5) is 10.4. The van der Waals surface area contributed by atoms with Crippen molar-refractivity contribution in [2.45, 2.75) is 10.1 Å². The molecule has 5 rings (SSSR count). The van der Waals surface area contributed by atoms with Crippen LogP contribution in [0, 0.1) is 0 Å². The molecular weight excluding hydrogens is 364 g/mol. The molecule has 28 heavy (non-hydrogen) atoms. The lowest BCUT2D eigenvalue weighted by molar-refractivity contribution is 0.973. The molecule has 0 saturated heterocycles. The number of nitrogens with zero attached hydrogens (tertiary/aromatic N) is 3. The first-order chi connectivity index (χ1) is 13.9. The van der Waals surface area contributed by atoms with Crippen LogP contribution < -0.4 is 0 Å². The van der Waals surface area contributed by atoms with E-state index in [4.69, 9.17) is 4.98 Å². The fraction of sp³-hybridized carbons (Fsp3) is 0. The van der Waals surface area contributed by atoms with E-state index >= 15 is 0 Å². The Balaban J connectivity index is 1.88.